The van der Waals surface area contributed by atoms with Gasteiger partial charge in [0.1, 0.15) is 5.82 Å². The van der Waals surface area contributed by atoms with Crippen LogP contribution in [0.25, 0.3) is 102 Å². The average molecular weight is 1050 g/mol. The third-order valence-corrected chi connectivity index (χ3v) is 14.7. The molecule has 14 rings (SSSR count). The topological polar surface area (TPSA) is 108 Å². The Kier molecular flexibility index (Phi) is 12.8. The third-order valence-electron chi connectivity index (χ3n) is 14.7. The Bertz CT molecular complexity index is 4280. The Morgan fingerprint density at radius 3 is 0.988 bits per heavy atom. The van der Waals surface area contributed by atoms with Crippen molar-refractivity contribution in [3.05, 3.63) is 291 Å². The number of para-hydroxylation sites is 4. The summed E-state index contributed by atoms with van der Waals surface area (Å²) in [6, 6.07) is 98.9. The number of anilines is 6. The number of hydrogen-bond acceptors (Lipinski definition) is 9. The maximum atomic E-state index is 10.2. The molecule has 0 bridgehead atoms. The first-order chi connectivity index (χ1) is 40.6. The highest BCUT2D eigenvalue weighted by Gasteiger charge is 2.35. The second-order valence-electron chi connectivity index (χ2n) is 19.8. The minimum atomic E-state index is 0.489. The lowest BCUT2D eigenvalue weighted by Crippen LogP contribution is -2.25. The van der Waals surface area contributed by atoms with E-state index in [9.17, 15) is 5.26 Å². The first-order valence-electron chi connectivity index (χ1n) is 27.1. The molecule has 0 atom stereocenters. The predicted molar refractivity (Wildman–Crippen MR) is 330 cm³/mol. The van der Waals surface area contributed by atoms with E-state index in [2.05, 4.69) is 155 Å². The highest BCUT2D eigenvalue weighted by molar-refractivity contribution is 6.07. The Hall–Kier alpha value is -11.5. The molecule has 9 nitrogen and oxygen atoms in total. The Morgan fingerprint density at radius 2 is 0.585 bits per heavy atom. The maximum absolute atomic E-state index is 10.2. The van der Waals surface area contributed by atoms with Gasteiger partial charge < -0.3 is 4.90 Å². The van der Waals surface area contributed by atoms with Gasteiger partial charge in [-0.05, 0) is 66.2 Å². The zero-order chi connectivity index (χ0) is 54.8. The summed E-state index contributed by atoms with van der Waals surface area (Å²) in [7, 11) is 0. The normalized spacial score (nSPS) is 11.6. The van der Waals surface area contributed by atoms with E-state index in [4.69, 9.17) is 29.9 Å². The predicted octanol–water partition coefficient (Wildman–Crippen LogP) is 18.2. The van der Waals surface area contributed by atoms with Crippen molar-refractivity contribution < 1.29 is 0 Å². The molecular weight excluding hydrogens is 1000 g/mol. The van der Waals surface area contributed by atoms with Gasteiger partial charge in [-0.15, -0.1) is 0 Å². The molecule has 1 aliphatic rings. The van der Waals surface area contributed by atoms with Crippen LogP contribution in [0.15, 0.2) is 285 Å². The molecule has 82 heavy (non-hydrogen) atoms. The summed E-state index contributed by atoms with van der Waals surface area (Å²) >= 11 is 0. The van der Waals surface area contributed by atoms with Crippen LogP contribution in [0, 0.1) is 11.3 Å². The number of nitriles is 1. The summed E-state index contributed by atoms with van der Waals surface area (Å²) < 4.78 is 0. The Morgan fingerprint density at radius 1 is 0.256 bits per heavy atom. The number of benzene rings is 10. The first kappa shape index (κ1) is 48.9. The van der Waals surface area contributed by atoms with Gasteiger partial charge in [-0.25, -0.2) is 29.9 Å². The summed E-state index contributed by atoms with van der Waals surface area (Å²) in [5.74, 6) is 2.31. The molecule has 0 amide bonds. The van der Waals surface area contributed by atoms with Crippen molar-refractivity contribution in [2.75, 3.05) is 9.80 Å². The van der Waals surface area contributed by atoms with E-state index in [0.717, 1.165) is 113 Å². The highest BCUT2D eigenvalue weighted by Crippen LogP contribution is 2.58. The molecular formula is C73H47N9. The van der Waals surface area contributed by atoms with E-state index in [1.807, 2.05) is 146 Å². The SMILES string of the molecule is N#Cc1ccc(-c2cc(-c3nc(-c4ccccc4)cc(-c4ccccc4)n3)cc(-c3nc(-c4ccccc4)cc(-c4ccccc4)n3)c2N2c3ccccc3N(c3cc(-c4ccccc4)nc(-c4ccccc4)n3)c3ccccc32)cc1. The summed E-state index contributed by atoms with van der Waals surface area (Å²) in [6.07, 6.45) is 0. The molecule has 0 radical (unpaired) electrons. The Labute approximate surface area is 475 Å². The molecule has 0 unspecified atom stereocenters. The molecule has 0 fully saturated rings. The second-order valence-corrected chi connectivity index (χ2v) is 19.8. The minimum Gasteiger partial charge on any atom is -0.305 e. The molecule has 9 heteroatoms. The summed E-state index contributed by atoms with van der Waals surface area (Å²) in [5.41, 5.74) is 17.6. The van der Waals surface area contributed by atoms with Crippen LogP contribution in [-0.4, -0.2) is 29.9 Å². The van der Waals surface area contributed by atoms with E-state index in [-0.39, 0.29) is 0 Å². The molecule has 0 saturated heterocycles. The van der Waals surface area contributed by atoms with Gasteiger partial charge in [0.15, 0.2) is 17.5 Å². The maximum Gasteiger partial charge on any atom is 0.162 e. The van der Waals surface area contributed by atoms with Crippen molar-refractivity contribution in [1.82, 2.24) is 29.9 Å². The van der Waals surface area contributed by atoms with Gasteiger partial charge in [0.25, 0.3) is 0 Å². The zero-order valence-corrected chi connectivity index (χ0v) is 44.2. The van der Waals surface area contributed by atoms with Gasteiger partial charge in [-0.3, -0.25) is 4.90 Å². The van der Waals surface area contributed by atoms with Crippen LogP contribution in [0.3, 0.4) is 0 Å². The number of hydrogen-bond donors (Lipinski definition) is 0. The van der Waals surface area contributed by atoms with Crippen molar-refractivity contribution in [1.29, 1.82) is 5.26 Å². The third kappa shape index (κ3) is 9.38. The van der Waals surface area contributed by atoms with E-state index in [1.165, 1.54) is 0 Å². The molecule has 3 aromatic heterocycles. The summed E-state index contributed by atoms with van der Waals surface area (Å²) in [5, 5.41) is 10.2. The van der Waals surface area contributed by atoms with Gasteiger partial charge in [-0.2, -0.15) is 5.26 Å². The van der Waals surface area contributed by atoms with E-state index >= 15 is 0 Å². The molecule has 0 spiro atoms. The van der Waals surface area contributed by atoms with Gasteiger partial charge >= 0.3 is 0 Å². The fraction of sp³-hybridized carbons (Fsp3) is 0. The molecule has 13 aromatic rings. The fourth-order valence-electron chi connectivity index (χ4n) is 10.7. The lowest BCUT2D eigenvalue weighted by Gasteiger charge is -2.41. The number of fused-ring (bicyclic) bond motifs is 2. The van der Waals surface area contributed by atoms with Crippen LogP contribution < -0.4 is 9.80 Å². The number of rotatable bonds is 11. The van der Waals surface area contributed by atoms with Gasteiger partial charge in [0.05, 0.1) is 68.5 Å². The van der Waals surface area contributed by atoms with Crippen LogP contribution in [0.2, 0.25) is 0 Å². The summed E-state index contributed by atoms with van der Waals surface area (Å²) in [4.78, 5) is 37.2. The molecule has 10 aromatic carbocycles. The number of nitrogens with zero attached hydrogens (tertiary/aromatic N) is 9. The molecule has 384 valence electrons. The Balaban J connectivity index is 1.08. The van der Waals surface area contributed by atoms with Crippen molar-refractivity contribution >= 4 is 34.3 Å². The van der Waals surface area contributed by atoms with Gasteiger partial charge in [-0.1, -0.05) is 218 Å². The van der Waals surface area contributed by atoms with Crippen molar-refractivity contribution in [2.24, 2.45) is 0 Å². The second kappa shape index (κ2) is 21.4. The first-order valence-corrected chi connectivity index (χ1v) is 27.1. The monoisotopic (exact) mass is 1050 g/mol. The van der Waals surface area contributed by atoms with Crippen LogP contribution in [0.5, 0.6) is 0 Å². The summed E-state index contributed by atoms with van der Waals surface area (Å²) in [6.45, 7) is 0. The molecule has 0 N–H and O–H groups in total. The smallest absolute Gasteiger partial charge is 0.162 e. The fourth-order valence-corrected chi connectivity index (χ4v) is 10.7. The lowest BCUT2D eigenvalue weighted by molar-refractivity contribution is 1.09. The van der Waals surface area contributed by atoms with Crippen LogP contribution in [-0.2, 0) is 0 Å². The lowest BCUT2D eigenvalue weighted by atomic mass is 9.92. The molecule has 0 saturated carbocycles. The quantitative estimate of drug-likeness (QED) is 0.125. The minimum absolute atomic E-state index is 0.489. The molecule has 4 heterocycles. The molecule has 0 aliphatic carbocycles. The van der Waals surface area contributed by atoms with Crippen molar-refractivity contribution in [2.45, 2.75) is 0 Å². The average Bonchev–Trinajstić information content (AvgIpc) is 3.64. The highest BCUT2D eigenvalue weighted by atomic mass is 15.3. The van der Waals surface area contributed by atoms with Gasteiger partial charge in [0, 0.05) is 56.1 Å². The van der Waals surface area contributed by atoms with Crippen molar-refractivity contribution in [3.8, 4) is 108 Å². The number of aromatic nitrogens is 6. The largest absolute Gasteiger partial charge is 0.305 e. The van der Waals surface area contributed by atoms with E-state index in [0.29, 0.717) is 28.9 Å². The van der Waals surface area contributed by atoms with Crippen LogP contribution in [0.4, 0.5) is 34.3 Å². The van der Waals surface area contributed by atoms with Crippen molar-refractivity contribution in [3.63, 3.8) is 0 Å². The van der Waals surface area contributed by atoms with Gasteiger partial charge in [0.2, 0.25) is 0 Å². The van der Waals surface area contributed by atoms with Crippen LogP contribution in [0.1, 0.15) is 5.56 Å². The molecule has 1 aliphatic heterocycles. The van der Waals surface area contributed by atoms with E-state index < -0.39 is 0 Å². The standard InChI is InChI=1S/C73H47N9/c74-48-49-39-41-50(42-40-49)58-43-57(72-75-60(51-23-7-1-8-24-51)45-61(76-72)52-25-9-2-10-26-52)44-59(73-78-62(53-27-11-3-12-28-53)46-63(79-73)54-29-13-4-14-30-54)70(58)82-67-37-21-19-35-65(67)81(66-36-20-22-38-68(66)82)69-47-64(55-31-15-5-16-32-55)77-71(80-69)56-33-17-6-18-34-56/h1-47H. The van der Waals surface area contributed by atoms with Crippen LogP contribution >= 0.6 is 0 Å². The zero-order valence-electron chi connectivity index (χ0n) is 44.2. The van der Waals surface area contributed by atoms with E-state index in [1.54, 1.807) is 0 Å².